The van der Waals surface area contributed by atoms with Gasteiger partial charge in [-0.3, -0.25) is 4.40 Å². The van der Waals surface area contributed by atoms with Gasteiger partial charge >= 0.3 is 0 Å². The summed E-state index contributed by atoms with van der Waals surface area (Å²) in [6.45, 7) is 0. The van der Waals surface area contributed by atoms with Gasteiger partial charge < -0.3 is 0 Å². The van der Waals surface area contributed by atoms with Crippen molar-refractivity contribution in [2.45, 2.75) is 0 Å². The fourth-order valence-electron chi connectivity index (χ4n) is 7.17. The number of rotatable bonds is 8. The van der Waals surface area contributed by atoms with E-state index in [1.807, 2.05) is 146 Å². The van der Waals surface area contributed by atoms with E-state index >= 15 is 0 Å². The molecular weight excluding hydrogens is 695 g/mol. The molecule has 0 bridgehead atoms. The second-order valence-corrected chi connectivity index (χ2v) is 13.6. The zero-order valence-corrected chi connectivity index (χ0v) is 30.6. The summed E-state index contributed by atoms with van der Waals surface area (Å²) in [5.41, 5.74) is 10.9. The van der Waals surface area contributed by atoms with Gasteiger partial charge in [-0.05, 0) is 69.8 Å². The van der Waals surface area contributed by atoms with Crippen LogP contribution in [0.25, 0.3) is 95.7 Å². The van der Waals surface area contributed by atoms with E-state index in [1.54, 1.807) is 6.07 Å². The van der Waals surface area contributed by atoms with E-state index < -0.39 is 18.1 Å². The molecule has 7 aromatic carbocycles. The van der Waals surface area contributed by atoms with Crippen molar-refractivity contribution in [1.29, 1.82) is 0 Å². The van der Waals surface area contributed by atoms with E-state index in [0.717, 1.165) is 61.5 Å². The molecule has 10 aromatic rings. The Labute approximate surface area is 338 Å². The Morgan fingerprint density at radius 2 is 0.807 bits per heavy atom. The number of aromatic nitrogens is 5. The van der Waals surface area contributed by atoms with Gasteiger partial charge in [0.25, 0.3) is 0 Å². The van der Waals surface area contributed by atoms with E-state index in [9.17, 15) is 0 Å². The molecule has 5 nitrogen and oxygen atoms in total. The van der Waals surface area contributed by atoms with Gasteiger partial charge in [0, 0.05) is 34.0 Å². The molecule has 10 rings (SSSR count). The van der Waals surface area contributed by atoms with Crippen LogP contribution < -0.4 is 0 Å². The summed E-state index contributed by atoms with van der Waals surface area (Å²) >= 11 is 0. The number of imidazole rings is 1. The number of nitrogens with zero attached hydrogens (tertiary/aromatic N) is 5. The van der Waals surface area contributed by atoms with Gasteiger partial charge in [-0.15, -0.1) is 0 Å². The van der Waals surface area contributed by atoms with E-state index in [-0.39, 0.29) is 17.6 Å². The molecule has 0 atom stereocenters. The minimum Gasteiger partial charge on any atom is -0.299 e. The zero-order valence-electron chi connectivity index (χ0n) is 35.6. The van der Waals surface area contributed by atoms with Crippen LogP contribution in [0.3, 0.4) is 0 Å². The highest BCUT2D eigenvalue weighted by molar-refractivity contribution is 5.86. The van der Waals surface area contributed by atoms with Crippen molar-refractivity contribution >= 4 is 5.65 Å². The highest BCUT2D eigenvalue weighted by Gasteiger charge is 2.18. The number of benzene rings is 7. The highest BCUT2D eigenvalue weighted by Crippen LogP contribution is 2.37. The van der Waals surface area contributed by atoms with Crippen LogP contribution >= 0.6 is 0 Å². The van der Waals surface area contributed by atoms with Crippen LogP contribution in [0.15, 0.2) is 212 Å². The first-order valence-corrected chi connectivity index (χ1v) is 18.6. The molecule has 0 saturated carbocycles. The summed E-state index contributed by atoms with van der Waals surface area (Å²) in [6.07, 6.45) is 2.01. The quantitative estimate of drug-likeness (QED) is 0.156. The summed E-state index contributed by atoms with van der Waals surface area (Å²) in [4.78, 5) is 20.2. The average Bonchev–Trinajstić information content (AvgIpc) is 3.73. The molecule has 57 heavy (non-hydrogen) atoms. The second-order valence-electron chi connectivity index (χ2n) is 13.6. The first-order chi connectivity index (χ1) is 30.3. The van der Waals surface area contributed by atoms with Crippen molar-refractivity contribution in [2.75, 3.05) is 0 Å². The Bertz CT molecular complexity index is 3250. The summed E-state index contributed by atoms with van der Waals surface area (Å²) in [6, 6.07) is 55.9. The summed E-state index contributed by atoms with van der Waals surface area (Å²) in [5, 5.41) is 0. The fourth-order valence-corrected chi connectivity index (χ4v) is 7.17. The van der Waals surface area contributed by atoms with Crippen LogP contribution in [0.2, 0.25) is 0 Å². The first kappa shape index (κ1) is 28.7. The lowest BCUT2D eigenvalue weighted by Gasteiger charge is -2.13. The number of hydrogen-bond acceptors (Lipinski definition) is 4. The Morgan fingerprint density at radius 1 is 0.333 bits per heavy atom. The fraction of sp³-hybridized carbons (Fsp3) is 0. The van der Waals surface area contributed by atoms with Crippen LogP contribution in [0.1, 0.15) is 6.85 Å². The molecule has 0 N–H and O–H groups in total. The van der Waals surface area contributed by atoms with Crippen molar-refractivity contribution in [3.8, 4) is 90.1 Å². The van der Waals surface area contributed by atoms with Crippen LogP contribution in [0.5, 0.6) is 0 Å². The van der Waals surface area contributed by atoms with Gasteiger partial charge in [0.05, 0.1) is 18.2 Å². The maximum atomic E-state index is 8.98. The standard InChI is InChI=1S/C52H35N5/c1-5-16-36(17-6-1)38-27-29-41(30-28-38)51-54-50(40-22-11-4-12-23-40)55-52(56-51)46-34-44(37-18-7-2-8-19-37)33-45(35-46)42-24-15-25-43(32-42)48-49(39-20-9-3-10-21-39)57-31-14-13-26-47(57)53-48/h1-35H/i2D,7D,8D,18D,19D. The van der Waals surface area contributed by atoms with Gasteiger partial charge in [0.15, 0.2) is 17.5 Å². The highest BCUT2D eigenvalue weighted by atomic mass is 15.0. The van der Waals surface area contributed by atoms with Gasteiger partial charge in [0.2, 0.25) is 0 Å². The normalized spacial score (nSPS) is 12.4. The predicted molar refractivity (Wildman–Crippen MR) is 232 cm³/mol. The summed E-state index contributed by atoms with van der Waals surface area (Å²) in [7, 11) is 0. The van der Waals surface area contributed by atoms with Crippen molar-refractivity contribution < 1.29 is 6.85 Å². The second kappa shape index (κ2) is 14.8. The van der Waals surface area contributed by atoms with Crippen LogP contribution in [-0.2, 0) is 0 Å². The molecule has 0 radical (unpaired) electrons. The number of pyridine rings is 1. The lowest BCUT2D eigenvalue weighted by molar-refractivity contribution is 1.07. The van der Waals surface area contributed by atoms with Gasteiger partial charge in [-0.25, -0.2) is 19.9 Å². The molecule has 0 aliphatic rings. The zero-order chi connectivity index (χ0) is 42.3. The van der Waals surface area contributed by atoms with Crippen molar-refractivity contribution in [2.24, 2.45) is 0 Å². The SMILES string of the molecule is [2H]c1c([2H])c([2H])c(-c2cc(-c3cccc(-c4nc5ccccn5c4-c4ccccc4)c3)cc(-c3nc(-c4ccccc4)nc(-c4ccc(-c5ccccc5)cc4)n3)c2)c([2H])c1[2H]. The predicted octanol–water partition coefficient (Wildman–Crippen LogP) is 12.9. The van der Waals surface area contributed by atoms with E-state index in [4.69, 9.17) is 26.8 Å². The molecule has 3 aromatic heterocycles. The van der Waals surface area contributed by atoms with Crippen LogP contribution in [0.4, 0.5) is 0 Å². The minimum absolute atomic E-state index is 0.0797. The van der Waals surface area contributed by atoms with Gasteiger partial charge in [-0.1, -0.05) is 170 Å². The van der Waals surface area contributed by atoms with Crippen molar-refractivity contribution in [3.05, 3.63) is 212 Å². The Balaban J connectivity index is 1.18. The first-order valence-electron chi connectivity index (χ1n) is 21.1. The molecule has 5 heteroatoms. The minimum atomic E-state index is -0.456. The van der Waals surface area contributed by atoms with Crippen molar-refractivity contribution in [1.82, 2.24) is 24.3 Å². The van der Waals surface area contributed by atoms with Crippen LogP contribution in [0, 0.1) is 0 Å². The molecular formula is C52H35N5. The van der Waals surface area contributed by atoms with Gasteiger partial charge in [0.1, 0.15) is 5.65 Å². The maximum absolute atomic E-state index is 8.98. The third kappa shape index (κ3) is 6.79. The Hall–Kier alpha value is -7.76. The molecule has 0 fully saturated rings. The number of fused-ring (bicyclic) bond motifs is 1. The maximum Gasteiger partial charge on any atom is 0.164 e. The topological polar surface area (TPSA) is 56.0 Å². The third-order valence-corrected chi connectivity index (χ3v) is 9.94. The third-order valence-electron chi connectivity index (χ3n) is 9.94. The molecule has 0 spiro atoms. The van der Waals surface area contributed by atoms with E-state index in [2.05, 4.69) is 34.7 Å². The summed E-state index contributed by atoms with van der Waals surface area (Å²) in [5.74, 6) is 1.29. The largest absolute Gasteiger partial charge is 0.299 e. The lowest BCUT2D eigenvalue weighted by atomic mass is 9.94. The Kier molecular flexibility index (Phi) is 7.45. The summed E-state index contributed by atoms with van der Waals surface area (Å²) < 4.78 is 45.5. The van der Waals surface area contributed by atoms with Crippen LogP contribution in [-0.4, -0.2) is 24.3 Å². The molecule has 3 heterocycles. The van der Waals surface area contributed by atoms with E-state index in [1.165, 1.54) is 0 Å². The van der Waals surface area contributed by atoms with E-state index in [0.29, 0.717) is 28.6 Å². The molecule has 0 amide bonds. The molecule has 268 valence electrons. The monoisotopic (exact) mass is 734 g/mol. The smallest absolute Gasteiger partial charge is 0.164 e. The average molecular weight is 735 g/mol. The number of hydrogen-bond donors (Lipinski definition) is 0. The molecule has 0 aliphatic carbocycles. The molecule has 0 saturated heterocycles. The molecule has 0 aliphatic heterocycles. The van der Waals surface area contributed by atoms with Gasteiger partial charge in [-0.2, -0.15) is 0 Å². The lowest BCUT2D eigenvalue weighted by Crippen LogP contribution is -2.00. The Morgan fingerprint density at radius 3 is 1.49 bits per heavy atom. The van der Waals surface area contributed by atoms with Crippen molar-refractivity contribution in [3.63, 3.8) is 0 Å². The molecule has 0 unspecified atom stereocenters.